The lowest BCUT2D eigenvalue weighted by Gasteiger charge is -2.06. The molecular formula is C16H22O2Si2. The molecule has 0 spiro atoms. The molecule has 0 aliphatic rings. The monoisotopic (exact) mass is 302 g/mol. The van der Waals surface area contributed by atoms with E-state index in [2.05, 4.69) is 62.2 Å². The summed E-state index contributed by atoms with van der Waals surface area (Å²) >= 11 is 0. The molecule has 0 heterocycles. The lowest BCUT2D eigenvalue weighted by Crippen LogP contribution is -2.16. The molecule has 106 valence electrons. The lowest BCUT2D eigenvalue weighted by molar-refractivity contribution is 0.457. The van der Waals surface area contributed by atoms with Crippen molar-refractivity contribution in [3.63, 3.8) is 0 Å². The number of phenols is 2. The van der Waals surface area contributed by atoms with Crippen LogP contribution in [0.3, 0.4) is 0 Å². The van der Waals surface area contributed by atoms with Crippen molar-refractivity contribution >= 4 is 16.1 Å². The van der Waals surface area contributed by atoms with E-state index in [0.29, 0.717) is 11.1 Å². The van der Waals surface area contributed by atoms with Gasteiger partial charge in [0.05, 0.1) is 11.1 Å². The molecule has 1 aromatic carbocycles. The zero-order chi connectivity index (χ0) is 15.6. The van der Waals surface area contributed by atoms with E-state index in [1.807, 2.05) is 0 Å². The van der Waals surface area contributed by atoms with Crippen LogP contribution in [0.5, 0.6) is 11.5 Å². The molecule has 0 saturated heterocycles. The molecule has 0 bridgehead atoms. The molecule has 0 atom stereocenters. The summed E-state index contributed by atoms with van der Waals surface area (Å²) in [5.74, 6) is 6.07. The third-order valence-electron chi connectivity index (χ3n) is 2.26. The van der Waals surface area contributed by atoms with Gasteiger partial charge in [0.2, 0.25) is 0 Å². The Bertz CT molecular complexity index is 569. The Kier molecular flexibility index (Phi) is 4.75. The van der Waals surface area contributed by atoms with Crippen molar-refractivity contribution in [1.29, 1.82) is 0 Å². The standard InChI is InChI=1S/C16H22O2Si2/c1-19(2,3)9-7-13-11-16(18)14(12-15(13)17)8-10-20(4,5)6/h11-12,17-18H,1-6H3. The highest BCUT2D eigenvalue weighted by atomic mass is 28.3. The molecule has 0 aliphatic heterocycles. The van der Waals surface area contributed by atoms with Gasteiger partial charge < -0.3 is 10.2 Å². The minimum absolute atomic E-state index is 0.0772. The van der Waals surface area contributed by atoms with E-state index in [-0.39, 0.29) is 11.5 Å². The van der Waals surface area contributed by atoms with Gasteiger partial charge in [0.1, 0.15) is 27.6 Å². The van der Waals surface area contributed by atoms with Gasteiger partial charge in [-0.15, -0.1) is 11.1 Å². The number of hydrogen-bond acceptors (Lipinski definition) is 2. The highest BCUT2D eigenvalue weighted by Crippen LogP contribution is 2.26. The number of phenolic OH excluding ortho intramolecular Hbond substituents is 2. The molecule has 0 unspecified atom stereocenters. The largest absolute Gasteiger partial charge is 0.507 e. The van der Waals surface area contributed by atoms with Crippen molar-refractivity contribution in [1.82, 2.24) is 0 Å². The first-order valence-corrected chi connectivity index (χ1v) is 13.6. The van der Waals surface area contributed by atoms with Gasteiger partial charge in [-0.05, 0) is 0 Å². The summed E-state index contributed by atoms with van der Waals surface area (Å²) in [4.78, 5) is 0. The normalized spacial score (nSPS) is 11.1. The van der Waals surface area contributed by atoms with Crippen LogP contribution < -0.4 is 0 Å². The maximum absolute atomic E-state index is 9.99. The number of aromatic hydroxyl groups is 2. The molecule has 0 aromatic heterocycles. The Morgan fingerprint density at radius 2 is 1.00 bits per heavy atom. The van der Waals surface area contributed by atoms with Gasteiger partial charge in [-0.1, -0.05) is 51.1 Å². The van der Waals surface area contributed by atoms with Crippen LogP contribution in [-0.2, 0) is 0 Å². The van der Waals surface area contributed by atoms with Crippen molar-refractivity contribution < 1.29 is 10.2 Å². The predicted octanol–water partition coefficient (Wildman–Crippen LogP) is 3.56. The fraction of sp³-hybridized carbons (Fsp3) is 0.375. The lowest BCUT2D eigenvalue weighted by atomic mass is 10.1. The van der Waals surface area contributed by atoms with Crippen LogP contribution in [0, 0.1) is 22.9 Å². The third kappa shape index (κ3) is 5.56. The third-order valence-corrected chi connectivity index (χ3v) is 4.01. The summed E-state index contributed by atoms with van der Waals surface area (Å²) in [5.41, 5.74) is 7.26. The van der Waals surface area contributed by atoms with Crippen LogP contribution in [0.2, 0.25) is 39.3 Å². The molecule has 0 fully saturated rings. The first-order chi connectivity index (χ1) is 8.98. The van der Waals surface area contributed by atoms with Crippen LogP contribution in [0.1, 0.15) is 11.1 Å². The first-order valence-electron chi connectivity index (χ1n) is 6.60. The van der Waals surface area contributed by atoms with Gasteiger partial charge in [-0.3, -0.25) is 0 Å². The SMILES string of the molecule is C[Si](C)(C)C#Cc1cc(O)c(C#C[Si](C)(C)C)cc1O. The summed E-state index contributed by atoms with van der Waals surface area (Å²) in [6, 6.07) is 2.99. The van der Waals surface area contributed by atoms with Gasteiger partial charge >= 0.3 is 0 Å². The van der Waals surface area contributed by atoms with Crippen molar-refractivity contribution in [2.45, 2.75) is 39.3 Å². The van der Waals surface area contributed by atoms with E-state index in [1.54, 1.807) is 0 Å². The second-order valence-corrected chi connectivity index (χ2v) is 16.4. The maximum atomic E-state index is 9.99. The Morgan fingerprint density at radius 3 is 1.25 bits per heavy atom. The molecule has 2 nitrogen and oxygen atoms in total. The van der Waals surface area contributed by atoms with Crippen LogP contribution in [0.15, 0.2) is 12.1 Å². The van der Waals surface area contributed by atoms with E-state index in [9.17, 15) is 10.2 Å². The zero-order valence-corrected chi connectivity index (χ0v) is 15.0. The molecule has 0 radical (unpaired) electrons. The molecule has 4 heteroatoms. The number of benzene rings is 1. The van der Waals surface area contributed by atoms with Crippen molar-refractivity contribution in [2.75, 3.05) is 0 Å². The number of rotatable bonds is 0. The highest BCUT2D eigenvalue weighted by Gasteiger charge is 2.11. The molecule has 0 saturated carbocycles. The molecule has 2 N–H and O–H groups in total. The second-order valence-electron chi connectivity index (χ2n) is 6.89. The summed E-state index contributed by atoms with van der Waals surface area (Å²) in [7, 11) is -3.02. The summed E-state index contributed by atoms with van der Waals surface area (Å²) in [5, 5.41) is 20.0. The second kappa shape index (κ2) is 5.79. The first kappa shape index (κ1) is 16.4. The smallest absolute Gasteiger partial charge is 0.132 e. The van der Waals surface area contributed by atoms with Crippen LogP contribution in [-0.4, -0.2) is 26.4 Å². The van der Waals surface area contributed by atoms with Gasteiger partial charge in [0.25, 0.3) is 0 Å². The van der Waals surface area contributed by atoms with Crippen molar-refractivity contribution in [3.05, 3.63) is 23.3 Å². The van der Waals surface area contributed by atoms with E-state index in [4.69, 9.17) is 0 Å². The van der Waals surface area contributed by atoms with E-state index >= 15 is 0 Å². The average Bonchev–Trinajstić information content (AvgIpc) is 2.25. The molecule has 0 amide bonds. The Labute approximate surface area is 123 Å². The molecular weight excluding hydrogens is 280 g/mol. The molecule has 1 rings (SSSR count). The molecule has 1 aromatic rings. The molecule has 0 aliphatic carbocycles. The van der Waals surface area contributed by atoms with Gasteiger partial charge in [0, 0.05) is 12.1 Å². The van der Waals surface area contributed by atoms with Gasteiger partial charge in [-0.25, -0.2) is 0 Å². The molecule has 20 heavy (non-hydrogen) atoms. The predicted molar refractivity (Wildman–Crippen MR) is 90.2 cm³/mol. The van der Waals surface area contributed by atoms with E-state index < -0.39 is 16.1 Å². The Hall–Kier alpha value is -1.63. The van der Waals surface area contributed by atoms with Crippen LogP contribution in [0.4, 0.5) is 0 Å². The van der Waals surface area contributed by atoms with Crippen molar-refractivity contribution in [3.8, 4) is 34.4 Å². The summed E-state index contributed by atoms with van der Waals surface area (Å²) in [6.45, 7) is 12.8. The van der Waals surface area contributed by atoms with Crippen molar-refractivity contribution in [2.24, 2.45) is 0 Å². The van der Waals surface area contributed by atoms with Crippen LogP contribution in [0.25, 0.3) is 0 Å². The number of hydrogen-bond donors (Lipinski definition) is 2. The van der Waals surface area contributed by atoms with Gasteiger partial charge in [-0.2, -0.15) is 0 Å². The van der Waals surface area contributed by atoms with Crippen LogP contribution >= 0.6 is 0 Å². The average molecular weight is 303 g/mol. The van der Waals surface area contributed by atoms with E-state index in [0.717, 1.165) is 0 Å². The van der Waals surface area contributed by atoms with E-state index in [1.165, 1.54) is 12.1 Å². The highest BCUT2D eigenvalue weighted by molar-refractivity contribution is 6.84. The maximum Gasteiger partial charge on any atom is 0.132 e. The Balaban J connectivity index is 3.21. The Morgan fingerprint density at radius 1 is 0.700 bits per heavy atom. The zero-order valence-electron chi connectivity index (χ0n) is 13.0. The minimum atomic E-state index is -1.51. The fourth-order valence-corrected chi connectivity index (χ4v) is 2.31. The van der Waals surface area contributed by atoms with Gasteiger partial charge in [0.15, 0.2) is 0 Å². The quantitative estimate of drug-likeness (QED) is 0.437. The topological polar surface area (TPSA) is 40.5 Å². The summed E-state index contributed by atoms with van der Waals surface area (Å²) < 4.78 is 0. The minimum Gasteiger partial charge on any atom is -0.507 e. The summed E-state index contributed by atoms with van der Waals surface area (Å²) in [6.07, 6.45) is 0. The fourth-order valence-electron chi connectivity index (χ4n) is 1.29.